The summed E-state index contributed by atoms with van der Waals surface area (Å²) in [4.78, 5) is 16.5. The fourth-order valence-electron chi connectivity index (χ4n) is 2.99. The number of hydrogen-bond donors (Lipinski definition) is 2. The Morgan fingerprint density at radius 1 is 1.19 bits per heavy atom. The number of thioether (sulfide) groups is 1. The molecule has 7 nitrogen and oxygen atoms in total. The molecule has 0 bridgehead atoms. The van der Waals surface area contributed by atoms with Crippen LogP contribution in [0.25, 0.3) is 11.3 Å². The third-order valence-electron chi connectivity index (χ3n) is 4.61. The molecule has 31 heavy (non-hydrogen) atoms. The molecule has 0 atom stereocenters. The molecular weight excluding hydrogens is 410 g/mol. The molecule has 0 aliphatic rings. The van der Waals surface area contributed by atoms with Crippen molar-refractivity contribution in [3.8, 4) is 23.5 Å². The van der Waals surface area contributed by atoms with E-state index >= 15 is 0 Å². The summed E-state index contributed by atoms with van der Waals surface area (Å²) in [6.45, 7) is 4.23. The van der Waals surface area contributed by atoms with E-state index in [4.69, 9.17) is 10.2 Å². The lowest BCUT2D eigenvalue weighted by Gasteiger charge is -2.11. The van der Waals surface area contributed by atoms with E-state index in [2.05, 4.69) is 30.2 Å². The number of carbonyl (C=O) groups is 1. The van der Waals surface area contributed by atoms with Crippen LogP contribution in [0.4, 0.5) is 11.5 Å². The molecule has 8 heteroatoms. The van der Waals surface area contributed by atoms with Crippen molar-refractivity contribution in [2.45, 2.75) is 31.2 Å². The summed E-state index contributed by atoms with van der Waals surface area (Å²) in [5.74, 6) is 1.06. The highest BCUT2D eigenvalue weighted by molar-refractivity contribution is 7.99. The smallest absolute Gasteiger partial charge is 0.225 e. The molecule has 0 radical (unpaired) electrons. The van der Waals surface area contributed by atoms with Gasteiger partial charge in [-0.05, 0) is 35.7 Å². The predicted octanol–water partition coefficient (Wildman–Crippen LogP) is 4.91. The van der Waals surface area contributed by atoms with Crippen molar-refractivity contribution in [2.75, 3.05) is 16.8 Å². The summed E-state index contributed by atoms with van der Waals surface area (Å²) in [6.07, 6.45) is 1.68. The Kier molecular flexibility index (Phi) is 6.96. The number of nitrogens with two attached hydrogens (primary N) is 1. The minimum absolute atomic E-state index is 0.0186. The summed E-state index contributed by atoms with van der Waals surface area (Å²) < 4.78 is 5.39. The Morgan fingerprint density at radius 3 is 2.48 bits per heavy atom. The fourth-order valence-corrected chi connectivity index (χ4v) is 3.92. The summed E-state index contributed by atoms with van der Waals surface area (Å²) in [7, 11) is 0. The Morgan fingerprint density at radius 2 is 1.90 bits per heavy atom. The first-order valence-corrected chi connectivity index (χ1v) is 10.6. The number of nitrogen functional groups attached to an aromatic ring is 1. The van der Waals surface area contributed by atoms with Crippen LogP contribution < -0.4 is 11.1 Å². The van der Waals surface area contributed by atoms with Crippen molar-refractivity contribution < 1.29 is 9.21 Å². The molecule has 3 N–H and O–H groups in total. The van der Waals surface area contributed by atoms with E-state index in [0.29, 0.717) is 28.0 Å². The Hall–Kier alpha value is -3.75. The highest BCUT2D eigenvalue weighted by atomic mass is 32.2. The van der Waals surface area contributed by atoms with E-state index in [1.807, 2.05) is 30.3 Å². The van der Waals surface area contributed by atoms with Crippen molar-refractivity contribution in [1.29, 1.82) is 10.5 Å². The zero-order valence-electron chi connectivity index (χ0n) is 17.2. The van der Waals surface area contributed by atoms with Gasteiger partial charge in [-0.1, -0.05) is 26.0 Å². The molecule has 0 unspecified atom stereocenters. The molecule has 1 aromatic carbocycles. The van der Waals surface area contributed by atoms with Crippen molar-refractivity contribution in [2.24, 2.45) is 0 Å². The fraction of sp³-hybridized carbons (Fsp3) is 0.217. The predicted molar refractivity (Wildman–Crippen MR) is 120 cm³/mol. The molecule has 0 saturated carbocycles. The van der Waals surface area contributed by atoms with Gasteiger partial charge in [0.05, 0.1) is 17.4 Å². The van der Waals surface area contributed by atoms with Gasteiger partial charge < -0.3 is 15.5 Å². The number of anilines is 2. The monoisotopic (exact) mass is 431 g/mol. The zero-order valence-corrected chi connectivity index (χ0v) is 18.0. The third kappa shape index (κ3) is 5.06. The second-order valence-electron chi connectivity index (χ2n) is 7.05. The average molecular weight is 432 g/mol. The Bertz CT molecular complexity index is 1160. The number of hydrogen-bond acceptors (Lipinski definition) is 7. The van der Waals surface area contributed by atoms with Crippen LogP contribution in [0.2, 0.25) is 0 Å². The molecular formula is C23H21N5O2S. The summed E-state index contributed by atoms with van der Waals surface area (Å²) >= 11 is 1.24. The van der Waals surface area contributed by atoms with Gasteiger partial charge in [0, 0.05) is 17.9 Å². The first kappa shape index (κ1) is 21.9. The Labute approximate surface area is 184 Å². The number of pyridine rings is 1. The van der Waals surface area contributed by atoms with Gasteiger partial charge in [-0.2, -0.15) is 10.5 Å². The highest BCUT2D eigenvalue weighted by Gasteiger charge is 2.22. The van der Waals surface area contributed by atoms with Crippen molar-refractivity contribution >= 4 is 29.2 Å². The van der Waals surface area contributed by atoms with E-state index in [1.54, 1.807) is 12.1 Å². The van der Waals surface area contributed by atoms with Gasteiger partial charge in [0.15, 0.2) is 0 Å². The number of rotatable bonds is 7. The number of amides is 1. The van der Waals surface area contributed by atoms with Crippen LogP contribution >= 0.6 is 11.8 Å². The molecule has 3 aromatic rings. The summed E-state index contributed by atoms with van der Waals surface area (Å²) in [6, 6.07) is 15.2. The van der Waals surface area contributed by atoms with Gasteiger partial charge >= 0.3 is 0 Å². The van der Waals surface area contributed by atoms with E-state index in [9.17, 15) is 15.3 Å². The molecule has 1 amide bonds. The van der Waals surface area contributed by atoms with Crippen LogP contribution in [0.3, 0.4) is 0 Å². The lowest BCUT2D eigenvalue weighted by atomic mass is 10.0. The Balaban J connectivity index is 1.71. The molecule has 156 valence electrons. The number of furan rings is 1. The van der Waals surface area contributed by atoms with Gasteiger partial charge in [0.25, 0.3) is 0 Å². The molecule has 0 fully saturated rings. The number of benzene rings is 1. The van der Waals surface area contributed by atoms with E-state index in [-0.39, 0.29) is 29.3 Å². The van der Waals surface area contributed by atoms with Gasteiger partial charge in [0.1, 0.15) is 34.3 Å². The maximum atomic E-state index is 12.3. The molecule has 3 rings (SSSR count). The molecule has 0 spiro atoms. The average Bonchev–Trinajstić information content (AvgIpc) is 3.28. The van der Waals surface area contributed by atoms with Crippen LogP contribution in [-0.2, 0) is 4.79 Å². The molecule has 2 heterocycles. The number of nitrogens with zero attached hydrogens (tertiary/aromatic N) is 3. The number of aromatic nitrogens is 1. The maximum Gasteiger partial charge on any atom is 0.225 e. The maximum absolute atomic E-state index is 12.3. The minimum atomic E-state index is -0.142. The van der Waals surface area contributed by atoms with Gasteiger partial charge in [0.2, 0.25) is 5.91 Å². The van der Waals surface area contributed by atoms with Gasteiger partial charge in [-0.25, -0.2) is 4.98 Å². The molecule has 2 aromatic heterocycles. The molecule has 0 aliphatic carbocycles. The second-order valence-corrected chi connectivity index (χ2v) is 8.14. The lowest BCUT2D eigenvalue weighted by molar-refractivity contribution is -0.115. The first-order chi connectivity index (χ1) is 14.9. The quantitative estimate of drug-likeness (QED) is 0.508. The summed E-state index contributed by atoms with van der Waals surface area (Å²) in [5.41, 5.74) is 8.51. The molecule has 0 aliphatic heterocycles. The van der Waals surface area contributed by atoms with E-state index in [0.717, 1.165) is 5.69 Å². The highest BCUT2D eigenvalue weighted by Crippen LogP contribution is 2.35. The van der Waals surface area contributed by atoms with E-state index in [1.165, 1.54) is 23.6 Å². The van der Waals surface area contributed by atoms with E-state index < -0.39 is 0 Å². The van der Waals surface area contributed by atoms with Crippen LogP contribution in [-0.4, -0.2) is 16.6 Å². The second kappa shape index (κ2) is 9.84. The van der Waals surface area contributed by atoms with Crippen molar-refractivity contribution in [1.82, 2.24) is 4.98 Å². The zero-order chi connectivity index (χ0) is 22.4. The van der Waals surface area contributed by atoms with Crippen molar-refractivity contribution in [3.05, 3.63) is 59.4 Å². The standard InChI is InChI=1S/C23H21N5O2S/c1-14(2)15-5-7-16(8-6-15)27-20(29)9-11-31-23-18(13-25)21(19-4-3-10-30-19)17(12-24)22(26)28-23/h3-8,10,14H,9,11H2,1-2H3,(H2,26,28)(H,27,29). The van der Waals surface area contributed by atoms with Crippen molar-refractivity contribution in [3.63, 3.8) is 0 Å². The first-order valence-electron chi connectivity index (χ1n) is 9.64. The lowest BCUT2D eigenvalue weighted by Crippen LogP contribution is -2.12. The van der Waals surface area contributed by atoms with Crippen LogP contribution in [0.1, 0.15) is 42.9 Å². The third-order valence-corrected chi connectivity index (χ3v) is 5.59. The van der Waals surface area contributed by atoms with Crippen LogP contribution in [0, 0.1) is 22.7 Å². The number of carbonyl (C=O) groups excluding carboxylic acids is 1. The normalized spacial score (nSPS) is 10.5. The van der Waals surface area contributed by atoms with Gasteiger partial charge in [-0.3, -0.25) is 4.79 Å². The number of nitriles is 2. The van der Waals surface area contributed by atoms with Crippen LogP contribution in [0.15, 0.2) is 52.1 Å². The molecule has 0 saturated heterocycles. The SMILES string of the molecule is CC(C)c1ccc(NC(=O)CCSc2nc(N)c(C#N)c(-c3ccco3)c2C#N)cc1. The van der Waals surface area contributed by atoms with Crippen LogP contribution in [0.5, 0.6) is 0 Å². The van der Waals surface area contributed by atoms with Gasteiger partial charge in [-0.15, -0.1) is 11.8 Å². The largest absolute Gasteiger partial charge is 0.464 e. The summed E-state index contributed by atoms with van der Waals surface area (Å²) in [5, 5.41) is 22.4. The topological polar surface area (TPSA) is 129 Å². The number of nitrogens with one attached hydrogen (secondary N) is 1. The minimum Gasteiger partial charge on any atom is -0.464 e.